The lowest BCUT2D eigenvalue weighted by molar-refractivity contribution is 0.0232. The van der Waals surface area contributed by atoms with Gasteiger partial charge in [0.2, 0.25) is 0 Å². The molecular formula is C16H18N4O. The van der Waals surface area contributed by atoms with Gasteiger partial charge in [0.1, 0.15) is 0 Å². The molecule has 0 spiro atoms. The van der Waals surface area contributed by atoms with E-state index in [4.69, 9.17) is 17.0 Å². The van der Waals surface area contributed by atoms with Gasteiger partial charge in [0.05, 0.1) is 35.8 Å². The second-order valence-corrected chi connectivity index (χ2v) is 5.45. The summed E-state index contributed by atoms with van der Waals surface area (Å²) in [5.41, 5.74) is 9.03. The molecule has 0 unspecified atom stereocenters. The van der Waals surface area contributed by atoms with Crippen molar-refractivity contribution in [1.82, 2.24) is 4.98 Å². The number of nitrogens with two attached hydrogens (primary N) is 1. The van der Waals surface area contributed by atoms with Gasteiger partial charge in [0, 0.05) is 18.0 Å². The zero-order chi connectivity index (χ0) is 14.8. The van der Waals surface area contributed by atoms with E-state index in [0.717, 1.165) is 36.0 Å². The maximum Gasteiger partial charge on any atom is 0.188 e. The number of nitrogens with one attached hydrogen (secondary N) is 1. The van der Waals surface area contributed by atoms with Gasteiger partial charge < -0.3 is 15.8 Å². The summed E-state index contributed by atoms with van der Waals surface area (Å²) in [5.74, 6) is 0. The van der Waals surface area contributed by atoms with Gasteiger partial charge in [0.25, 0.3) is 0 Å². The molecule has 2 aromatic rings. The van der Waals surface area contributed by atoms with Gasteiger partial charge in [0.15, 0.2) is 5.69 Å². The number of nitrogen functional groups attached to an aromatic ring is 1. The number of hydrogen-bond acceptors (Lipinski definition) is 4. The molecule has 1 fully saturated rings. The highest BCUT2D eigenvalue weighted by molar-refractivity contribution is 5.98. The lowest BCUT2D eigenvalue weighted by atomic mass is 10.0. The van der Waals surface area contributed by atoms with Crippen molar-refractivity contribution >= 4 is 28.0 Å². The van der Waals surface area contributed by atoms with Crippen LogP contribution in [0.1, 0.15) is 19.8 Å². The number of rotatable bonds is 2. The maximum absolute atomic E-state index is 7.16. The molecule has 3 N–H and O–H groups in total. The molecule has 2 atom stereocenters. The zero-order valence-corrected chi connectivity index (χ0v) is 12.0. The smallest absolute Gasteiger partial charge is 0.188 e. The number of pyridine rings is 1. The third-order valence-corrected chi connectivity index (χ3v) is 3.84. The minimum Gasteiger partial charge on any atom is -0.396 e. The van der Waals surface area contributed by atoms with E-state index in [0.29, 0.717) is 17.4 Å². The summed E-state index contributed by atoms with van der Waals surface area (Å²) >= 11 is 0. The summed E-state index contributed by atoms with van der Waals surface area (Å²) in [6.45, 7) is 10.0. The summed E-state index contributed by atoms with van der Waals surface area (Å²) < 4.78 is 5.58. The van der Waals surface area contributed by atoms with E-state index in [-0.39, 0.29) is 6.10 Å². The molecule has 21 heavy (non-hydrogen) atoms. The van der Waals surface area contributed by atoms with Crippen LogP contribution in [-0.4, -0.2) is 23.7 Å². The number of fused-ring (bicyclic) bond motifs is 1. The van der Waals surface area contributed by atoms with Crippen LogP contribution in [0.4, 0.5) is 17.1 Å². The Hall–Kier alpha value is -2.32. The molecule has 0 aliphatic carbocycles. The Morgan fingerprint density at radius 3 is 3.10 bits per heavy atom. The second-order valence-electron chi connectivity index (χ2n) is 5.45. The molecule has 5 nitrogen and oxygen atoms in total. The first kappa shape index (κ1) is 13.7. The van der Waals surface area contributed by atoms with Crippen molar-refractivity contribution < 1.29 is 4.74 Å². The molecule has 3 rings (SSSR count). The number of hydrogen-bond donors (Lipinski definition) is 2. The van der Waals surface area contributed by atoms with Crippen LogP contribution >= 0.6 is 0 Å². The van der Waals surface area contributed by atoms with E-state index in [1.54, 1.807) is 12.3 Å². The highest BCUT2D eigenvalue weighted by atomic mass is 16.5. The third-order valence-electron chi connectivity index (χ3n) is 3.84. The van der Waals surface area contributed by atoms with Crippen LogP contribution in [-0.2, 0) is 4.74 Å². The SMILES string of the molecule is [C-]#[N+]c1ccc2ncc(N)c(N[C@@H]3CCO[C@H](C)C3)c2c1. The Morgan fingerprint density at radius 2 is 2.33 bits per heavy atom. The third kappa shape index (κ3) is 2.76. The van der Waals surface area contributed by atoms with Crippen LogP contribution in [0.15, 0.2) is 24.4 Å². The summed E-state index contributed by atoms with van der Waals surface area (Å²) in [6.07, 6.45) is 3.83. The minimum absolute atomic E-state index is 0.254. The second kappa shape index (κ2) is 5.58. The average Bonchev–Trinajstić information content (AvgIpc) is 2.50. The van der Waals surface area contributed by atoms with Crippen molar-refractivity contribution in [2.24, 2.45) is 0 Å². The summed E-state index contributed by atoms with van der Waals surface area (Å²) in [7, 11) is 0. The van der Waals surface area contributed by atoms with Crippen LogP contribution in [0.25, 0.3) is 15.7 Å². The fourth-order valence-corrected chi connectivity index (χ4v) is 2.76. The van der Waals surface area contributed by atoms with Crippen molar-refractivity contribution in [2.75, 3.05) is 17.7 Å². The first-order valence-corrected chi connectivity index (χ1v) is 7.11. The Labute approximate surface area is 123 Å². The zero-order valence-electron chi connectivity index (χ0n) is 12.0. The lowest BCUT2D eigenvalue weighted by Crippen LogP contribution is -2.32. The Morgan fingerprint density at radius 1 is 1.48 bits per heavy atom. The first-order valence-electron chi connectivity index (χ1n) is 7.11. The van der Waals surface area contributed by atoms with E-state index in [1.165, 1.54) is 0 Å². The number of nitrogens with zero attached hydrogens (tertiary/aromatic N) is 2. The quantitative estimate of drug-likeness (QED) is 0.829. The molecule has 1 saturated heterocycles. The van der Waals surface area contributed by atoms with Crippen molar-refractivity contribution in [1.29, 1.82) is 0 Å². The molecule has 108 valence electrons. The minimum atomic E-state index is 0.254. The lowest BCUT2D eigenvalue weighted by Gasteiger charge is -2.29. The van der Waals surface area contributed by atoms with Gasteiger partial charge in [-0.1, -0.05) is 6.07 Å². The largest absolute Gasteiger partial charge is 0.396 e. The molecule has 0 bridgehead atoms. The van der Waals surface area contributed by atoms with E-state index >= 15 is 0 Å². The van der Waals surface area contributed by atoms with Crippen LogP contribution < -0.4 is 11.1 Å². The molecule has 0 saturated carbocycles. The topological polar surface area (TPSA) is 64.5 Å². The summed E-state index contributed by atoms with van der Waals surface area (Å²) in [6, 6.07) is 5.81. The number of ether oxygens (including phenoxy) is 1. The highest BCUT2D eigenvalue weighted by Crippen LogP contribution is 2.32. The Bertz CT molecular complexity index is 707. The van der Waals surface area contributed by atoms with Crippen molar-refractivity contribution in [3.63, 3.8) is 0 Å². The van der Waals surface area contributed by atoms with Gasteiger partial charge in [-0.2, -0.15) is 0 Å². The highest BCUT2D eigenvalue weighted by Gasteiger charge is 2.20. The van der Waals surface area contributed by atoms with Gasteiger partial charge in [-0.05, 0) is 31.9 Å². The molecule has 0 radical (unpaired) electrons. The van der Waals surface area contributed by atoms with Crippen LogP contribution in [0.5, 0.6) is 0 Å². The average molecular weight is 282 g/mol. The monoisotopic (exact) mass is 282 g/mol. The predicted octanol–water partition coefficient (Wildman–Crippen LogP) is 3.35. The molecule has 1 aliphatic heterocycles. The molecular weight excluding hydrogens is 264 g/mol. The van der Waals surface area contributed by atoms with Crippen LogP contribution in [0.3, 0.4) is 0 Å². The van der Waals surface area contributed by atoms with Crippen molar-refractivity contribution in [3.8, 4) is 0 Å². The molecule has 0 amide bonds. The van der Waals surface area contributed by atoms with E-state index < -0.39 is 0 Å². The van der Waals surface area contributed by atoms with Gasteiger partial charge in [-0.25, -0.2) is 4.85 Å². The molecule has 1 aromatic heterocycles. The number of aromatic nitrogens is 1. The van der Waals surface area contributed by atoms with Gasteiger partial charge in [-0.15, -0.1) is 0 Å². The van der Waals surface area contributed by atoms with E-state index in [2.05, 4.69) is 22.1 Å². The number of benzene rings is 1. The van der Waals surface area contributed by atoms with Crippen molar-refractivity contribution in [2.45, 2.75) is 31.9 Å². The van der Waals surface area contributed by atoms with E-state index in [1.807, 2.05) is 12.1 Å². The fraction of sp³-hybridized carbons (Fsp3) is 0.375. The Balaban J connectivity index is 2.00. The summed E-state index contributed by atoms with van der Waals surface area (Å²) in [4.78, 5) is 7.82. The normalized spacial score (nSPS) is 21.9. The van der Waals surface area contributed by atoms with Crippen molar-refractivity contribution in [3.05, 3.63) is 35.8 Å². The molecule has 1 aliphatic rings. The maximum atomic E-state index is 7.16. The van der Waals surface area contributed by atoms with Gasteiger partial charge in [-0.3, -0.25) is 4.98 Å². The number of anilines is 2. The van der Waals surface area contributed by atoms with Crippen LogP contribution in [0, 0.1) is 6.57 Å². The standard InChI is InChI=1S/C16H18N4O/c1-10-7-12(5-6-21-10)20-16-13-8-11(18-2)3-4-15(13)19-9-14(16)17/h3-4,8-10,12H,5-7,17H2,1H3,(H,19,20)/t10-,12-/m1/s1. The van der Waals surface area contributed by atoms with E-state index in [9.17, 15) is 0 Å². The molecule has 2 heterocycles. The van der Waals surface area contributed by atoms with Gasteiger partial charge >= 0.3 is 0 Å². The molecule has 1 aromatic carbocycles. The fourth-order valence-electron chi connectivity index (χ4n) is 2.76. The first-order chi connectivity index (χ1) is 10.2. The molecule has 5 heteroatoms. The predicted molar refractivity (Wildman–Crippen MR) is 84.5 cm³/mol. The van der Waals surface area contributed by atoms with Crippen LogP contribution in [0.2, 0.25) is 0 Å². The summed E-state index contributed by atoms with van der Waals surface area (Å²) in [5, 5.41) is 4.43. The Kier molecular flexibility index (Phi) is 3.63.